The second-order valence-electron chi connectivity index (χ2n) is 5.32. The quantitative estimate of drug-likeness (QED) is 0.863. The van der Waals surface area contributed by atoms with Crippen molar-refractivity contribution in [2.75, 3.05) is 24.3 Å². The van der Waals surface area contributed by atoms with Crippen molar-refractivity contribution in [2.45, 2.75) is 19.4 Å². The van der Waals surface area contributed by atoms with Gasteiger partial charge in [0.05, 0.1) is 0 Å². The third kappa shape index (κ3) is 4.27. The van der Waals surface area contributed by atoms with Gasteiger partial charge in [0.2, 0.25) is 0 Å². The first kappa shape index (κ1) is 14.9. The molecule has 0 bridgehead atoms. The van der Waals surface area contributed by atoms with Crippen molar-refractivity contribution in [1.82, 2.24) is 0 Å². The van der Waals surface area contributed by atoms with E-state index >= 15 is 0 Å². The Labute approximate surface area is 129 Å². The minimum Gasteiger partial charge on any atom is -0.382 e. The molecule has 2 aromatic carbocycles. The van der Waals surface area contributed by atoms with Gasteiger partial charge in [0.1, 0.15) is 0 Å². The highest BCUT2D eigenvalue weighted by atomic mass is 79.9. The molecule has 0 aliphatic heterocycles. The van der Waals surface area contributed by atoms with E-state index in [1.165, 1.54) is 16.9 Å². The summed E-state index contributed by atoms with van der Waals surface area (Å²) in [5.41, 5.74) is 3.73. The fourth-order valence-electron chi connectivity index (χ4n) is 2.17. The molecule has 0 saturated heterocycles. The van der Waals surface area contributed by atoms with Crippen LogP contribution in [0.3, 0.4) is 0 Å². The number of hydrogen-bond acceptors (Lipinski definition) is 2. The van der Waals surface area contributed by atoms with Crippen LogP contribution in [0, 0.1) is 0 Å². The van der Waals surface area contributed by atoms with Gasteiger partial charge in [-0.25, -0.2) is 0 Å². The molecule has 1 N–H and O–H groups in total. The summed E-state index contributed by atoms with van der Waals surface area (Å²) in [6.07, 6.45) is 1.02. The zero-order valence-corrected chi connectivity index (χ0v) is 13.8. The fraction of sp³-hybridized carbons (Fsp3) is 0.294. The second-order valence-corrected chi connectivity index (χ2v) is 6.23. The fourth-order valence-corrected chi connectivity index (χ4v) is 2.43. The lowest BCUT2D eigenvalue weighted by Crippen LogP contribution is -2.18. The Hall–Kier alpha value is -1.48. The highest BCUT2D eigenvalue weighted by Gasteiger charge is 2.04. The lowest BCUT2D eigenvalue weighted by atomic mass is 10.1. The third-order valence-electron chi connectivity index (χ3n) is 3.25. The Bertz CT molecular complexity index is 532. The van der Waals surface area contributed by atoms with Crippen LogP contribution in [0.2, 0.25) is 0 Å². The van der Waals surface area contributed by atoms with Crippen molar-refractivity contribution < 1.29 is 0 Å². The molecule has 0 aliphatic carbocycles. The number of nitrogens with zero attached hydrogens (tertiary/aromatic N) is 1. The average Bonchev–Trinajstić information content (AvgIpc) is 2.42. The molecule has 1 atom stereocenters. The Morgan fingerprint density at radius 2 is 1.60 bits per heavy atom. The summed E-state index contributed by atoms with van der Waals surface area (Å²) in [4.78, 5) is 2.11. The van der Waals surface area contributed by atoms with Crippen molar-refractivity contribution in [3.05, 3.63) is 58.6 Å². The first-order valence-corrected chi connectivity index (χ1v) is 7.62. The van der Waals surface area contributed by atoms with Gasteiger partial charge < -0.3 is 10.2 Å². The molecule has 1 unspecified atom stereocenters. The first-order chi connectivity index (χ1) is 9.54. The number of rotatable bonds is 5. The summed E-state index contributed by atoms with van der Waals surface area (Å²) in [7, 11) is 4.11. The van der Waals surface area contributed by atoms with Gasteiger partial charge in [-0.05, 0) is 55.3 Å². The van der Waals surface area contributed by atoms with Gasteiger partial charge in [-0.15, -0.1) is 0 Å². The molecule has 0 aromatic heterocycles. The van der Waals surface area contributed by atoms with Crippen LogP contribution in [0.25, 0.3) is 0 Å². The van der Waals surface area contributed by atoms with Crippen molar-refractivity contribution in [3.8, 4) is 0 Å². The van der Waals surface area contributed by atoms with Crippen molar-refractivity contribution in [3.63, 3.8) is 0 Å². The van der Waals surface area contributed by atoms with Crippen LogP contribution in [-0.4, -0.2) is 20.1 Å². The van der Waals surface area contributed by atoms with Crippen LogP contribution in [0.15, 0.2) is 53.0 Å². The largest absolute Gasteiger partial charge is 0.382 e. The Balaban J connectivity index is 1.93. The summed E-state index contributed by atoms with van der Waals surface area (Å²) >= 11 is 3.46. The van der Waals surface area contributed by atoms with Gasteiger partial charge in [0.15, 0.2) is 0 Å². The van der Waals surface area contributed by atoms with E-state index in [0.29, 0.717) is 6.04 Å². The minimum absolute atomic E-state index is 0.404. The first-order valence-electron chi connectivity index (χ1n) is 6.83. The lowest BCUT2D eigenvalue weighted by Gasteiger charge is -2.17. The van der Waals surface area contributed by atoms with E-state index in [1.54, 1.807) is 0 Å². The maximum Gasteiger partial charge on any atom is 0.0362 e. The molecule has 0 aliphatic rings. The topological polar surface area (TPSA) is 15.3 Å². The molecule has 2 rings (SSSR count). The van der Waals surface area contributed by atoms with E-state index in [9.17, 15) is 0 Å². The second kappa shape index (κ2) is 6.80. The molecule has 0 spiro atoms. The number of halogens is 1. The zero-order valence-electron chi connectivity index (χ0n) is 12.2. The van der Waals surface area contributed by atoms with Gasteiger partial charge in [0, 0.05) is 36.0 Å². The summed E-state index contributed by atoms with van der Waals surface area (Å²) in [5.74, 6) is 0. The zero-order chi connectivity index (χ0) is 14.5. The van der Waals surface area contributed by atoms with Crippen LogP contribution < -0.4 is 10.2 Å². The number of nitrogens with one attached hydrogen (secondary N) is 1. The monoisotopic (exact) mass is 332 g/mol. The molecule has 3 heteroatoms. The lowest BCUT2D eigenvalue weighted by molar-refractivity contribution is 0.790. The van der Waals surface area contributed by atoms with Gasteiger partial charge in [-0.3, -0.25) is 0 Å². The number of anilines is 2. The van der Waals surface area contributed by atoms with E-state index < -0.39 is 0 Å². The summed E-state index contributed by atoms with van der Waals surface area (Å²) in [6.45, 7) is 2.21. The van der Waals surface area contributed by atoms with Gasteiger partial charge in [-0.2, -0.15) is 0 Å². The molecule has 0 heterocycles. The molecule has 2 nitrogen and oxygen atoms in total. The molecule has 20 heavy (non-hydrogen) atoms. The van der Waals surface area contributed by atoms with Gasteiger partial charge in [0.25, 0.3) is 0 Å². The standard InChI is InChI=1S/C17H21BrN2/c1-13(12-14-4-6-15(18)7-5-14)19-16-8-10-17(11-9-16)20(2)3/h4-11,13,19H,12H2,1-3H3. The van der Waals surface area contributed by atoms with Crippen LogP contribution in [0.4, 0.5) is 11.4 Å². The number of hydrogen-bond donors (Lipinski definition) is 1. The average molecular weight is 333 g/mol. The van der Waals surface area contributed by atoms with Crippen LogP contribution in [0.1, 0.15) is 12.5 Å². The van der Waals surface area contributed by atoms with E-state index in [4.69, 9.17) is 0 Å². The van der Waals surface area contributed by atoms with Crippen LogP contribution in [-0.2, 0) is 6.42 Å². The molecular weight excluding hydrogens is 312 g/mol. The smallest absolute Gasteiger partial charge is 0.0362 e. The Morgan fingerprint density at radius 1 is 1.00 bits per heavy atom. The van der Waals surface area contributed by atoms with E-state index in [-0.39, 0.29) is 0 Å². The summed E-state index contributed by atoms with van der Waals surface area (Å²) < 4.78 is 1.13. The van der Waals surface area contributed by atoms with Gasteiger partial charge in [-0.1, -0.05) is 28.1 Å². The number of benzene rings is 2. The van der Waals surface area contributed by atoms with E-state index in [1.807, 2.05) is 0 Å². The highest BCUT2D eigenvalue weighted by Crippen LogP contribution is 2.18. The minimum atomic E-state index is 0.404. The van der Waals surface area contributed by atoms with Crippen molar-refractivity contribution in [2.24, 2.45) is 0 Å². The molecule has 0 fully saturated rings. The Kier molecular flexibility index (Phi) is 5.07. The normalized spacial score (nSPS) is 12.0. The molecule has 0 saturated carbocycles. The van der Waals surface area contributed by atoms with E-state index in [0.717, 1.165) is 10.9 Å². The van der Waals surface area contributed by atoms with Crippen molar-refractivity contribution in [1.29, 1.82) is 0 Å². The highest BCUT2D eigenvalue weighted by molar-refractivity contribution is 9.10. The van der Waals surface area contributed by atoms with Crippen molar-refractivity contribution >= 4 is 27.3 Å². The predicted octanol–water partition coefficient (Wildman–Crippen LogP) is 4.56. The summed E-state index contributed by atoms with van der Waals surface area (Å²) in [5, 5.41) is 3.54. The van der Waals surface area contributed by atoms with Crippen LogP contribution >= 0.6 is 15.9 Å². The van der Waals surface area contributed by atoms with E-state index in [2.05, 4.69) is 95.7 Å². The van der Waals surface area contributed by atoms with Crippen LogP contribution in [0.5, 0.6) is 0 Å². The SMILES string of the molecule is CC(Cc1ccc(Br)cc1)Nc1ccc(N(C)C)cc1. The predicted molar refractivity (Wildman–Crippen MR) is 91.7 cm³/mol. The van der Waals surface area contributed by atoms with Gasteiger partial charge >= 0.3 is 0 Å². The summed E-state index contributed by atoms with van der Waals surface area (Å²) in [6, 6.07) is 17.4. The Morgan fingerprint density at radius 3 is 2.15 bits per heavy atom. The third-order valence-corrected chi connectivity index (χ3v) is 3.78. The maximum absolute atomic E-state index is 3.54. The molecule has 2 aromatic rings. The maximum atomic E-state index is 3.54. The molecule has 0 amide bonds. The molecular formula is C17H21BrN2. The molecule has 0 radical (unpaired) electrons. The molecule has 106 valence electrons.